The first kappa shape index (κ1) is 19.5. The third-order valence-corrected chi connectivity index (χ3v) is 6.36. The number of aryl methyl sites for hydroxylation is 1. The number of hydrogen-bond donors (Lipinski definition) is 1. The number of fused-ring (bicyclic) bond motifs is 1. The monoisotopic (exact) mass is 403 g/mol. The number of carbonyl (C=O) groups excluding carboxylic acids is 1. The molecule has 5 heteroatoms. The van der Waals surface area contributed by atoms with Gasteiger partial charge in [-0.1, -0.05) is 29.8 Å². The topological polar surface area (TPSA) is 44.7 Å². The van der Waals surface area contributed by atoms with E-state index < -0.39 is 0 Å². The third-order valence-electron chi connectivity index (χ3n) is 5.45. The zero-order valence-electron chi connectivity index (χ0n) is 17.4. The second-order valence-electron chi connectivity index (χ2n) is 8.13. The van der Waals surface area contributed by atoms with Gasteiger partial charge in [0.15, 0.2) is 5.17 Å². The van der Waals surface area contributed by atoms with Gasteiger partial charge in [-0.2, -0.15) is 0 Å². The number of amidine groups is 1. The lowest BCUT2D eigenvalue weighted by atomic mass is 9.88. The molecule has 2 aromatic rings. The number of thioether (sulfide) groups is 1. The second-order valence-corrected chi connectivity index (χ2v) is 9.16. The van der Waals surface area contributed by atoms with E-state index >= 15 is 0 Å². The van der Waals surface area contributed by atoms with E-state index in [2.05, 4.69) is 67.3 Å². The first-order valence-electron chi connectivity index (χ1n) is 9.67. The average molecular weight is 404 g/mol. The molecular formula is C24H25N3OS. The van der Waals surface area contributed by atoms with Crippen LogP contribution in [0.25, 0.3) is 11.6 Å². The first-order chi connectivity index (χ1) is 13.7. The molecule has 0 atom stereocenters. The normalized spacial score (nSPS) is 20.7. The highest BCUT2D eigenvalue weighted by atomic mass is 32.2. The zero-order chi connectivity index (χ0) is 20.8. The molecule has 1 N–H and O–H groups in total. The Bertz CT molecular complexity index is 1080. The van der Waals surface area contributed by atoms with Crippen molar-refractivity contribution in [2.75, 3.05) is 11.9 Å². The summed E-state index contributed by atoms with van der Waals surface area (Å²) in [6.45, 7) is 8.61. The predicted molar refractivity (Wildman–Crippen MR) is 125 cm³/mol. The van der Waals surface area contributed by atoms with Crippen LogP contribution in [0.5, 0.6) is 0 Å². The number of hydrogen-bond acceptors (Lipinski definition) is 4. The summed E-state index contributed by atoms with van der Waals surface area (Å²) in [5, 5.41) is 3.47. The quantitative estimate of drug-likeness (QED) is 0.672. The van der Waals surface area contributed by atoms with Crippen molar-refractivity contribution in [1.29, 1.82) is 0 Å². The molecule has 0 radical (unpaired) electrons. The Balaban J connectivity index is 1.61. The number of nitrogens with zero attached hydrogens (tertiary/aromatic N) is 2. The molecule has 0 bridgehead atoms. The van der Waals surface area contributed by atoms with Crippen LogP contribution in [-0.4, -0.2) is 23.7 Å². The highest BCUT2D eigenvalue weighted by Crippen LogP contribution is 2.39. The molecule has 0 saturated carbocycles. The van der Waals surface area contributed by atoms with E-state index in [0.717, 1.165) is 11.3 Å². The van der Waals surface area contributed by atoms with Gasteiger partial charge in [0.2, 0.25) is 0 Å². The molecule has 1 saturated heterocycles. The molecule has 2 aliphatic rings. The standard InChI is InChI=1S/C24H25N3OS/c1-15-6-9-18(10-7-15)25-23-26-22(28)21(29-23)13-17-8-11-20-19(12-17)16(2)14-24(3,4)27(20)5/h6-14H,1-5H3,(H,25,26,28)/b21-13-. The van der Waals surface area contributed by atoms with Crippen LogP contribution in [0, 0.1) is 6.92 Å². The Labute approximate surface area is 176 Å². The molecule has 1 fully saturated rings. The van der Waals surface area contributed by atoms with Crippen LogP contribution in [0.2, 0.25) is 0 Å². The minimum atomic E-state index is -0.107. The average Bonchev–Trinajstić information content (AvgIpc) is 3.00. The molecule has 0 spiro atoms. The SMILES string of the molecule is CC1=CC(C)(C)N(C)c2ccc(/C=C3\SC(=Nc4ccc(C)cc4)NC3=O)cc21. The van der Waals surface area contributed by atoms with Crippen molar-refractivity contribution in [3.05, 3.63) is 70.1 Å². The van der Waals surface area contributed by atoms with Gasteiger partial charge in [0.05, 0.1) is 16.1 Å². The fourth-order valence-electron chi connectivity index (χ4n) is 3.64. The maximum absolute atomic E-state index is 12.4. The number of anilines is 1. The number of nitrogens with one attached hydrogen (secondary N) is 1. The van der Waals surface area contributed by atoms with Gasteiger partial charge in [0, 0.05) is 18.3 Å². The summed E-state index contributed by atoms with van der Waals surface area (Å²) in [7, 11) is 2.12. The maximum atomic E-state index is 12.4. The predicted octanol–water partition coefficient (Wildman–Crippen LogP) is 5.52. The zero-order valence-corrected chi connectivity index (χ0v) is 18.2. The molecule has 2 aliphatic heterocycles. The number of allylic oxidation sites excluding steroid dienone is 1. The van der Waals surface area contributed by atoms with Crippen molar-refractivity contribution < 1.29 is 4.79 Å². The summed E-state index contributed by atoms with van der Waals surface area (Å²) >= 11 is 1.38. The van der Waals surface area contributed by atoms with Crippen molar-refractivity contribution in [2.45, 2.75) is 33.2 Å². The summed E-state index contributed by atoms with van der Waals surface area (Å²) in [5.41, 5.74) is 6.69. The highest BCUT2D eigenvalue weighted by Gasteiger charge is 2.29. The molecule has 148 valence electrons. The van der Waals surface area contributed by atoms with Gasteiger partial charge in [-0.05, 0) is 80.9 Å². The maximum Gasteiger partial charge on any atom is 0.264 e. The van der Waals surface area contributed by atoms with Gasteiger partial charge in [-0.3, -0.25) is 4.79 Å². The second kappa shape index (κ2) is 7.23. The number of likely N-dealkylation sites (N-methyl/N-ethyl adjacent to an activating group) is 1. The Morgan fingerprint density at radius 3 is 2.55 bits per heavy atom. The highest BCUT2D eigenvalue weighted by molar-refractivity contribution is 8.18. The molecule has 4 rings (SSSR count). The molecular weight excluding hydrogens is 378 g/mol. The van der Waals surface area contributed by atoms with Gasteiger partial charge < -0.3 is 10.2 Å². The van der Waals surface area contributed by atoms with Crippen LogP contribution in [0.1, 0.15) is 37.5 Å². The van der Waals surface area contributed by atoms with E-state index in [1.807, 2.05) is 37.3 Å². The Hall–Kier alpha value is -2.79. The summed E-state index contributed by atoms with van der Waals surface area (Å²) in [6.07, 6.45) is 4.22. The van der Waals surface area contributed by atoms with Gasteiger partial charge in [0.25, 0.3) is 5.91 Å². The van der Waals surface area contributed by atoms with Gasteiger partial charge in [-0.15, -0.1) is 0 Å². The summed E-state index contributed by atoms with van der Waals surface area (Å²) in [6, 6.07) is 14.3. The smallest absolute Gasteiger partial charge is 0.264 e. The Kier molecular flexibility index (Phi) is 4.87. The number of rotatable bonds is 2. The number of aliphatic imine (C=N–C) groups is 1. The summed E-state index contributed by atoms with van der Waals surface area (Å²) in [4.78, 5) is 19.9. The number of carbonyl (C=O) groups is 1. The van der Waals surface area contributed by atoms with E-state index in [1.54, 1.807) is 0 Å². The molecule has 0 unspecified atom stereocenters. The van der Waals surface area contributed by atoms with E-state index in [9.17, 15) is 4.79 Å². The van der Waals surface area contributed by atoms with E-state index in [4.69, 9.17) is 0 Å². The van der Waals surface area contributed by atoms with Crippen molar-refractivity contribution in [1.82, 2.24) is 5.32 Å². The van der Waals surface area contributed by atoms with Gasteiger partial charge in [-0.25, -0.2) is 4.99 Å². The van der Waals surface area contributed by atoms with Gasteiger partial charge in [0.1, 0.15) is 0 Å². The molecule has 1 amide bonds. The lowest BCUT2D eigenvalue weighted by Gasteiger charge is -2.40. The molecule has 0 aliphatic carbocycles. The lowest BCUT2D eigenvalue weighted by Crippen LogP contribution is -2.42. The minimum Gasteiger partial charge on any atom is -0.366 e. The van der Waals surface area contributed by atoms with Gasteiger partial charge >= 0.3 is 0 Å². The Morgan fingerprint density at radius 1 is 1.10 bits per heavy atom. The van der Waals surface area contributed by atoms with Crippen LogP contribution in [0.15, 0.2) is 58.4 Å². The van der Waals surface area contributed by atoms with Crippen LogP contribution in [-0.2, 0) is 4.79 Å². The number of amides is 1. The van der Waals surface area contributed by atoms with Crippen LogP contribution < -0.4 is 10.2 Å². The summed E-state index contributed by atoms with van der Waals surface area (Å²) < 4.78 is 0. The molecule has 29 heavy (non-hydrogen) atoms. The lowest BCUT2D eigenvalue weighted by molar-refractivity contribution is -0.115. The largest absolute Gasteiger partial charge is 0.366 e. The van der Waals surface area contributed by atoms with Crippen LogP contribution >= 0.6 is 11.8 Å². The fraction of sp³-hybridized carbons (Fsp3) is 0.250. The van der Waals surface area contributed by atoms with Crippen LogP contribution in [0.3, 0.4) is 0 Å². The van der Waals surface area contributed by atoms with Crippen LogP contribution in [0.4, 0.5) is 11.4 Å². The number of benzene rings is 2. The van der Waals surface area contributed by atoms with E-state index in [0.29, 0.717) is 10.1 Å². The van der Waals surface area contributed by atoms with Crippen molar-refractivity contribution in [3.8, 4) is 0 Å². The first-order valence-corrected chi connectivity index (χ1v) is 10.5. The van der Waals surface area contributed by atoms with Crippen molar-refractivity contribution in [3.63, 3.8) is 0 Å². The van der Waals surface area contributed by atoms with E-state index in [-0.39, 0.29) is 11.4 Å². The molecule has 2 heterocycles. The van der Waals surface area contributed by atoms with Crippen molar-refractivity contribution >= 4 is 45.9 Å². The Morgan fingerprint density at radius 2 is 1.83 bits per heavy atom. The fourth-order valence-corrected chi connectivity index (χ4v) is 4.48. The summed E-state index contributed by atoms with van der Waals surface area (Å²) in [5.74, 6) is -0.107. The molecule has 0 aromatic heterocycles. The minimum absolute atomic E-state index is 0.0143. The van der Waals surface area contributed by atoms with E-state index in [1.165, 1.54) is 34.1 Å². The molecule has 2 aromatic carbocycles. The third kappa shape index (κ3) is 3.87. The van der Waals surface area contributed by atoms with Crippen molar-refractivity contribution in [2.24, 2.45) is 4.99 Å². The molecule has 4 nitrogen and oxygen atoms in total.